The number of halogens is 1. The summed E-state index contributed by atoms with van der Waals surface area (Å²) in [6.45, 7) is 1.55. The summed E-state index contributed by atoms with van der Waals surface area (Å²) >= 11 is 3.68. The smallest absolute Gasteiger partial charge is 0.193 e. The van der Waals surface area contributed by atoms with Gasteiger partial charge in [0.15, 0.2) is 5.96 Å². The Bertz CT molecular complexity index is 680. The molecule has 23 heavy (non-hydrogen) atoms. The van der Waals surface area contributed by atoms with Gasteiger partial charge < -0.3 is 14.7 Å². The van der Waals surface area contributed by atoms with Crippen molar-refractivity contribution in [2.75, 3.05) is 20.6 Å². The molecular weight excluding hydrogens is 356 g/mol. The Kier molecular flexibility index (Phi) is 4.71. The van der Waals surface area contributed by atoms with E-state index >= 15 is 0 Å². The molecular formula is C17H21BrN4O. The lowest BCUT2D eigenvalue weighted by molar-refractivity contribution is 0.390. The Morgan fingerprint density at radius 1 is 1.39 bits per heavy atom. The molecule has 0 spiro atoms. The molecule has 6 heteroatoms. The van der Waals surface area contributed by atoms with Gasteiger partial charge in [0.25, 0.3) is 0 Å². The predicted molar refractivity (Wildman–Crippen MR) is 94.4 cm³/mol. The van der Waals surface area contributed by atoms with Crippen molar-refractivity contribution >= 4 is 21.9 Å². The highest BCUT2D eigenvalue weighted by atomic mass is 79.9. The van der Waals surface area contributed by atoms with E-state index in [0.29, 0.717) is 6.54 Å². The zero-order valence-corrected chi connectivity index (χ0v) is 15.0. The largest absolute Gasteiger partial charge is 0.364 e. The molecule has 1 aliphatic rings. The van der Waals surface area contributed by atoms with Crippen LogP contribution in [0.15, 0.2) is 50.6 Å². The molecule has 2 aromatic rings. The first-order chi connectivity index (χ1) is 11.1. The maximum absolute atomic E-state index is 4.88. The fourth-order valence-corrected chi connectivity index (χ4v) is 3.56. The Balaban J connectivity index is 1.63. The van der Waals surface area contributed by atoms with Gasteiger partial charge in [-0.1, -0.05) is 39.3 Å². The summed E-state index contributed by atoms with van der Waals surface area (Å²) in [7, 11) is 3.81. The lowest BCUT2D eigenvalue weighted by atomic mass is 9.96. The molecule has 1 saturated carbocycles. The van der Waals surface area contributed by atoms with E-state index in [2.05, 4.69) is 55.7 Å². The second kappa shape index (κ2) is 6.74. The van der Waals surface area contributed by atoms with Gasteiger partial charge in [0.05, 0.1) is 6.54 Å². The van der Waals surface area contributed by atoms with Crippen LogP contribution in [0, 0.1) is 0 Å². The number of hydrogen-bond donors (Lipinski definition) is 1. The van der Waals surface area contributed by atoms with Crippen LogP contribution in [0.3, 0.4) is 0 Å². The van der Waals surface area contributed by atoms with Gasteiger partial charge in [-0.25, -0.2) is 0 Å². The van der Waals surface area contributed by atoms with Gasteiger partial charge in [0.1, 0.15) is 12.0 Å². The standard InChI is InChI=1S/C17H21BrN4O/c1-19-16(22(2)11-13-7-10-23-21-13)20-12-17(8-9-17)14-5-3-4-6-15(14)18/h3-7,10H,8-9,11-12H2,1-2H3,(H,19,20). The minimum Gasteiger partial charge on any atom is -0.364 e. The van der Waals surface area contributed by atoms with Crippen molar-refractivity contribution in [3.05, 3.63) is 52.3 Å². The van der Waals surface area contributed by atoms with Crippen molar-refractivity contribution in [2.24, 2.45) is 4.99 Å². The highest BCUT2D eigenvalue weighted by Crippen LogP contribution is 2.49. The predicted octanol–water partition coefficient (Wildman–Crippen LogP) is 3.18. The van der Waals surface area contributed by atoms with Crippen molar-refractivity contribution in [1.29, 1.82) is 0 Å². The van der Waals surface area contributed by atoms with Crippen molar-refractivity contribution < 1.29 is 4.52 Å². The summed E-state index contributed by atoms with van der Waals surface area (Å²) in [6, 6.07) is 10.3. The van der Waals surface area contributed by atoms with Crippen LogP contribution >= 0.6 is 15.9 Å². The van der Waals surface area contributed by atoms with E-state index in [0.717, 1.165) is 18.2 Å². The van der Waals surface area contributed by atoms with E-state index < -0.39 is 0 Å². The molecule has 0 atom stereocenters. The number of guanidine groups is 1. The number of nitrogens with one attached hydrogen (secondary N) is 1. The number of hydrogen-bond acceptors (Lipinski definition) is 3. The van der Waals surface area contributed by atoms with E-state index in [-0.39, 0.29) is 5.41 Å². The second-order valence-electron chi connectivity index (χ2n) is 6.01. The molecule has 5 nitrogen and oxygen atoms in total. The molecule has 0 amide bonds. The molecule has 0 saturated heterocycles. The molecule has 1 fully saturated rings. The van der Waals surface area contributed by atoms with E-state index in [9.17, 15) is 0 Å². The third kappa shape index (κ3) is 3.58. The maximum atomic E-state index is 4.88. The van der Waals surface area contributed by atoms with Crippen molar-refractivity contribution in [3.8, 4) is 0 Å². The summed E-state index contributed by atoms with van der Waals surface area (Å²) < 4.78 is 6.07. The molecule has 1 heterocycles. The number of nitrogens with zero attached hydrogens (tertiary/aromatic N) is 3. The average Bonchev–Trinajstić information content (AvgIpc) is 3.16. The van der Waals surface area contributed by atoms with E-state index in [1.165, 1.54) is 22.9 Å². The van der Waals surface area contributed by atoms with Crippen molar-refractivity contribution in [1.82, 2.24) is 15.4 Å². The lowest BCUT2D eigenvalue weighted by Crippen LogP contribution is -2.42. The van der Waals surface area contributed by atoms with Gasteiger partial charge in [0.2, 0.25) is 0 Å². The van der Waals surface area contributed by atoms with E-state index in [1.807, 2.05) is 18.0 Å². The second-order valence-corrected chi connectivity index (χ2v) is 6.86. The first-order valence-corrected chi connectivity index (χ1v) is 8.50. The van der Waals surface area contributed by atoms with Crippen LogP contribution in [0.25, 0.3) is 0 Å². The first kappa shape index (κ1) is 16.1. The number of benzene rings is 1. The third-order valence-electron chi connectivity index (χ3n) is 4.35. The van der Waals surface area contributed by atoms with Gasteiger partial charge >= 0.3 is 0 Å². The van der Waals surface area contributed by atoms with Gasteiger partial charge in [-0.15, -0.1) is 0 Å². The molecule has 1 N–H and O–H groups in total. The average molecular weight is 377 g/mol. The van der Waals surface area contributed by atoms with Crippen LogP contribution in [-0.2, 0) is 12.0 Å². The lowest BCUT2D eigenvalue weighted by Gasteiger charge is -2.24. The summed E-state index contributed by atoms with van der Waals surface area (Å²) in [5, 5.41) is 7.45. The van der Waals surface area contributed by atoms with E-state index in [4.69, 9.17) is 4.52 Å². The van der Waals surface area contributed by atoms with Gasteiger partial charge in [-0.2, -0.15) is 0 Å². The molecule has 1 aromatic carbocycles. The monoisotopic (exact) mass is 376 g/mol. The third-order valence-corrected chi connectivity index (χ3v) is 5.04. The summed E-state index contributed by atoms with van der Waals surface area (Å²) in [5.74, 6) is 0.867. The van der Waals surface area contributed by atoms with Crippen LogP contribution in [-0.4, -0.2) is 36.7 Å². The van der Waals surface area contributed by atoms with Crippen molar-refractivity contribution in [2.45, 2.75) is 24.8 Å². The van der Waals surface area contributed by atoms with Gasteiger partial charge in [0, 0.05) is 36.6 Å². The molecule has 0 bridgehead atoms. The van der Waals surface area contributed by atoms with Crippen LogP contribution in [0.4, 0.5) is 0 Å². The first-order valence-electron chi connectivity index (χ1n) is 7.71. The fourth-order valence-electron chi connectivity index (χ4n) is 2.85. The quantitative estimate of drug-likeness (QED) is 0.643. The van der Waals surface area contributed by atoms with Crippen LogP contribution in [0.2, 0.25) is 0 Å². The maximum Gasteiger partial charge on any atom is 0.193 e. The molecule has 1 aliphatic carbocycles. The summed E-state index contributed by atoms with van der Waals surface area (Å²) in [5.41, 5.74) is 2.48. The molecule has 3 rings (SSSR count). The molecule has 122 valence electrons. The number of aromatic nitrogens is 1. The Morgan fingerprint density at radius 2 is 2.17 bits per heavy atom. The van der Waals surface area contributed by atoms with Crippen LogP contribution < -0.4 is 5.32 Å². The highest BCUT2D eigenvalue weighted by molar-refractivity contribution is 9.10. The minimum atomic E-state index is 0.213. The number of rotatable bonds is 5. The zero-order chi connectivity index (χ0) is 16.3. The molecule has 0 unspecified atom stereocenters. The van der Waals surface area contributed by atoms with E-state index in [1.54, 1.807) is 13.3 Å². The van der Waals surface area contributed by atoms with Crippen LogP contribution in [0.5, 0.6) is 0 Å². The minimum absolute atomic E-state index is 0.213. The molecule has 0 aliphatic heterocycles. The SMILES string of the molecule is CN=C(NCC1(c2ccccc2Br)CC1)N(C)Cc1ccon1. The number of aliphatic imine (C=N–C) groups is 1. The van der Waals surface area contributed by atoms with Gasteiger partial charge in [-0.05, 0) is 24.5 Å². The normalized spacial score (nSPS) is 16.2. The Labute approximate surface area is 144 Å². The van der Waals surface area contributed by atoms with Gasteiger partial charge in [-0.3, -0.25) is 4.99 Å². The van der Waals surface area contributed by atoms with Crippen molar-refractivity contribution in [3.63, 3.8) is 0 Å². The summed E-state index contributed by atoms with van der Waals surface area (Å²) in [4.78, 5) is 6.43. The molecule has 0 radical (unpaired) electrons. The summed E-state index contributed by atoms with van der Waals surface area (Å²) in [6.07, 6.45) is 3.99. The fraction of sp³-hybridized carbons (Fsp3) is 0.412. The Hall–Kier alpha value is -1.82. The highest BCUT2D eigenvalue weighted by Gasteiger charge is 2.45. The topological polar surface area (TPSA) is 53.7 Å². The molecule has 1 aromatic heterocycles. The zero-order valence-electron chi connectivity index (χ0n) is 13.4. The van der Waals surface area contributed by atoms with Crippen LogP contribution in [0.1, 0.15) is 24.1 Å². The Morgan fingerprint density at radius 3 is 2.78 bits per heavy atom.